The molecule has 0 unspecified atom stereocenters. The Bertz CT molecular complexity index is 1150. The maximum Gasteiger partial charge on any atom is 0.276 e. The van der Waals surface area contributed by atoms with Crippen LogP contribution in [0.5, 0.6) is 11.5 Å². The second kappa shape index (κ2) is 10.3. The maximum atomic E-state index is 12.8. The number of aryl methyl sites for hydroxylation is 1. The lowest BCUT2D eigenvalue weighted by atomic mass is 10.0. The van der Waals surface area contributed by atoms with E-state index in [9.17, 15) is 8.42 Å². The minimum Gasteiger partial charge on any atom is -0.497 e. The van der Waals surface area contributed by atoms with Gasteiger partial charge in [-0.25, -0.2) is 0 Å². The van der Waals surface area contributed by atoms with Crippen LogP contribution < -0.4 is 14.3 Å². The van der Waals surface area contributed by atoms with Gasteiger partial charge in [0.05, 0.1) is 24.3 Å². The molecule has 1 N–H and O–H groups in total. The van der Waals surface area contributed by atoms with Gasteiger partial charge in [-0.15, -0.1) is 0 Å². The van der Waals surface area contributed by atoms with Crippen molar-refractivity contribution < 1.29 is 17.9 Å². The van der Waals surface area contributed by atoms with Crippen molar-refractivity contribution in [3.05, 3.63) is 89.5 Å². The molecule has 0 aliphatic rings. The lowest BCUT2D eigenvalue weighted by molar-refractivity contribution is 0.271. The smallest absolute Gasteiger partial charge is 0.276 e. The van der Waals surface area contributed by atoms with Crippen LogP contribution in [0.15, 0.2) is 82.8 Å². The van der Waals surface area contributed by atoms with Crippen molar-refractivity contribution in [1.82, 2.24) is 4.83 Å². The van der Waals surface area contributed by atoms with Crippen LogP contribution in [0.2, 0.25) is 0 Å². The molecule has 0 radical (unpaired) electrons. The van der Waals surface area contributed by atoms with Crippen molar-refractivity contribution in [3.8, 4) is 11.5 Å². The quantitative estimate of drug-likeness (QED) is 0.375. The number of hydrogen-bond acceptors (Lipinski definition) is 5. The molecule has 7 heteroatoms. The first-order valence-corrected chi connectivity index (χ1v) is 11.8. The minimum atomic E-state index is -3.81. The SMILES string of the molecule is COc1ccc(/C(=N/NS(=O)(=O)c2ccc(C)cc2)c2ccc(OCC(C)C)cc2)cc1. The van der Waals surface area contributed by atoms with E-state index < -0.39 is 10.0 Å². The van der Waals surface area contributed by atoms with Crippen molar-refractivity contribution in [2.75, 3.05) is 13.7 Å². The second-order valence-corrected chi connectivity index (χ2v) is 9.49. The Labute approximate surface area is 190 Å². The molecule has 3 aromatic rings. The van der Waals surface area contributed by atoms with Crippen LogP contribution in [0.25, 0.3) is 0 Å². The molecule has 0 saturated heterocycles. The van der Waals surface area contributed by atoms with Gasteiger partial charge in [0, 0.05) is 11.1 Å². The average molecular weight is 453 g/mol. The van der Waals surface area contributed by atoms with Gasteiger partial charge in [0.25, 0.3) is 10.0 Å². The molecule has 0 heterocycles. The lowest BCUT2D eigenvalue weighted by Gasteiger charge is -2.12. The van der Waals surface area contributed by atoms with Gasteiger partial charge in [0.2, 0.25) is 0 Å². The standard InChI is InChI=1S/C25H28N2O4S/c1-18(2)17-31-23-13-9-21(10-14-23)25(20-7-11-22(30-4)12-8-20)26-27-32(28,29)24-15-5-19(3)6-16-24/h5-16,18,27H,17H2,1-4H3/b26-25-. The van der Waals surface area contributed by atoms with Crippen LogP contribution in [0.4, 0.5) is 0 Å². The Kier molecular flexibility index (Phi) is 7.53. The summed E-state index contributed by atoms with van der Waals surface area (Å²) in [5.74, 6) is 1.87. The summed E-state index contributed by atoms with van der Waals surface area (Å²) in [5, 5.41) is 4.29. The summed E-state index contributed by atoms with van der Waals surface area (Å²) >= 11 is 0. The Hall–Kier alpha value is -3.32. The minimum absolute atomic E-state index is 0.151. The molecule has 0 aliphatic carbocycles. The van der Waals surface area contributed by atoms with E-state index in [1.165, 1.54) is 0 Å². The van der Waals surface area contributed by atoms with Crippen molar-refractivity contribution in [2.24, 2.45) is 11.0 Å². The van der Waals surface area contributed by atoms with E-state index in [1.807, 2.05) is 43.3 Å². The monoisotopic (exact) mass is 452 g/mol. The number of ether oxygens (including phenoxy) is 2. The van der Waals surface area contributed by atoms with E-state index in [4.69, 9.17) is 9.47 Å². The molecule has 168 valence electrons. The molecule has 0 atom stereocenters. The van der Waals surface area contributed by atoms with E-state index in [0.29, 0.717) is 24.0 Å². The Balaban J connectivity index is 1.94. The molecule has 3 aromatic carbocycles. The first-order chi connectivity index (χ1) is 15.3. The Morgan fingerprint density at radius 2 is 1.41 bits per heavy atom. The van der Waals surface area contributed by atoms with Crippen molar-refractivity contribution in [3.63, 3.8) is 0 Å². The van der Waals surface area contributed by atoms with Gasteiger partial charge in [-0.1, -0.05) is 31.5 Å². The molecule has 0 amide bonds. The number of benzene rings is 3. The van der Waals surface area contributed by atoms with Gasteiger partial charge in [-0.2, -0.15) is 18.4 Å². The molecule has 6 nitrogen and oxygen atoms in total. The van der Waals surface area contributed by atoms with Gasteiger partial charge in [-0.05, 0) is 73.5 Å². The highest BCUT2D eigenvalue weighted by atomic mass is 32.2. The first kappa shape index (κ1) is 23.3. The molecule has 3 rings (SSSR count). The molecule has 0 spiro atoms. The fraction of sp³-hybridized carbons (Fsp3) is 0.240. The molecule has 0 bridgehead atoms. The number of sulfonamides is 1. The third-order valence-electron chi connectivity index (χ3n) is 4.68. The molecule has 32 heavy (non-hydrogen) atoms. The zero-order valence-electron chi connectivity index (χ0n) is 18.7. The van der Waals surface area contributed by atoms with Gasteiger partial charge in [0.15, 0.2) is 0 Å². The predicted octanol–water partition coefficient (Wildman–Crippen LogP) is 4.77. The van der Waals surface area contributed by atoms with Crippen molar-refractivity contribution in [2.45, 2.75) is 25.7 Å². The van der Waals surface area contributed by atoms with Crippen LogP contribution in [0.3, 0.4) is 0 Å². The Morgan fingerprint density at radius 1 is 0.875 bits per heavy atom. The summed E-state index contributed by atoms with van der Waals surface area (Å²) in [7, 11) is -2.22. The normalized spacial score (nSPS) is 12.0. The summed E-state index contributed by atoms with van der Waals surface area (Å²) in [6.07, 6.45) is 0. The van der Waals surface area contributed by atoms with Crippen LogP contribution in [-0.2, 0) is 10.0 Å². The third-order valence-corrected chi connectivity index (χ3v) is 5.91. The van der Waals surface area contributed by atoms with Crippen LogP contribution in [0.1, 0.15) is 30.5 Å². The second-order valence-electron chi connectivity index (χ2n) is 7.83. The zero-order chi connectivity index (χ0) is 23.1. The molecule has 0 saturated carbocycles. The topological polar surface area (TPSA) is 77.0 Å². The number of hydrazone groups is 1. The number of rotatable bonds is 9. The third kappa shape index (κ3) is 6.11. The molecular weight excluding hydrogens is 424 g/mol. The average Bonchev–Trinajstić information content (AvgIpc) is 2.79. The number of nitrogens with one attached hydrogen (secondary N) is 1. The number of hydrogen-bond donors (Lipinski definition) is 1. The highest BCUT2D eigenvalue weighted by Gasteiger charge is 2.15. The molecular formula is C25H28N2O4S. The summed E-state index contributed by atoms with van der Waals surface area (Å²) in [6, 6.07) is 21.3. The fourth-order valence-electron chi connectivity index (χ4n) is 2.89. The summed E-state index contributed by atoms with van der Waals surface area (Å²) < 4.78 is 36.5. The molecule has 0 aromatic heterocycles. The largest absolute Gasteiger partial charge is 0.497 e. The predicted molar refractivity (Wildman–Crippen MR) is 127 cm³/mol. The van der Waals surface area contributed by atoms with Gasteiger partial charge in [0.1, 0.15) is 11.5 Å². The van der Waals surface area contributed by atoms with Gasteiger partial charge >= 0.3 is 0 Å². The van der Waals surface area contributed by atoms with Crippen LogP contribution >= 0.6 is 0 Å². The van der Waals surface area contributed by atoms with E-state index in [2.05, 4.69) is 23.8 Å². The van der Waals surface area contributed by atoms with Crippen molar-refractivity contribution in [1.29, 1.82) is 0 Å². The summed E-state index contributed by atoms with van der Waals surface area (Å²) in [6.45, 7) is 6.69. The zero-order valence-corrected chi connectivity index (χ0v) is 19.5. The van der Waals surface area contributed by atoms with Crippen molar-refractivity contribution >= 4 is 15.7 Å². The van der Waals surface area contributed by atoms with E-state index in [0.717, 1.165) is 22.4 Å². The lowest BCUT2D eigenvalue weighted by Crippen LogP contribution is -2.21. The fourth-order valence-corrected chi connectivity index (χ4v) is 3.70. The highest BCUT2D eigenvalue weighted by Crippen LogP contribution is 2.19. The summed E-state index contributed by atoms with van der Waals surface area (Å²) in [5.41, 5.74) is 2.96. The van der Waals surface area contributed by atoms with E-state index in [1.54, 1.807) is 43.5 Å². The van der Waals surface area contributed by atoms with Crippen LogP contribution in [-0.4, -0.2) is 27.8 Å². The number of methoxy groups -OCH3 is 1. The van der Waals surface area contributed by atoms with E-state index >= 15 is 0 Å². The molecule has 0 fully saturated rings. The highest BCUT2D eigenvalue weighted by molar-refractivity contribution is 7.89. The maximum absolute atomic E-state index is 12.8. The Morgan fingerprint density at radius 3 is 1.91 bits per heavy atom. The van der Waals surface area contributed by atoms with Crippen LogP contribution in [0, 0.1) is 12.8 Å². The van der Waals surface area contributed by atoms with E-state index in [-0.39, 0.29) is 4.90 Å². The van der Waals surface area contributed by atoms with Gasteiger partial charge < -0.3 is 9.47 Å². The van der Waals surface area contributed by atoms with Gasteiger partial charge in [-0.3, -0.25) is 0 Å². The summed E-state index contributed by atoms with van der Waals surface area (Å²) in [4.78, 5) is 2.52. The molecule has 0 aliphatic heterocycles. The number of nitrogens with zero attached hydrogens (tertiary/aromatic N) is 1. The first-order valence-electron chi connectivity index (χ1n) is 10.3.